The topological polar surface area (TPSA) is 9.23 Å². The SMILES string of the molecule is CCC1OCCC1C(Br)c1sc(C)cc1C. The second kappa shape index (κ2) is 5.19. The summed E-state index contributed by atoms with van der Waals surface area (Å²) in [5.74, 6) is 0.641. The highest BCUT2D eigenvalue weighted by molar-refractivity contribution is 9.09. The van der Waals surface area contributed by atoms with Crippen LogP contribution in [0.15, 0.2) is 6.07 Å². The average molecular weight is 303 g/mol. The van der Waals surface area contributed by atoms with Gasteiger partial charge >= 0.3 is 0 Å². The lowest BCUT2D eigenvalue weighted by molar-refractivity contribution is 0.0874. The number of rotatable bonds is 3. The van der Waals surface area contributed by atoms with Crippen LogP contribution in [0.2, 0.25) is 0 Å². The number of halogens is 1. The lowest BCUT2D eigenvalue weighted by Gasteiger charge is -2.22. The van der Waals surface area contributed by atoms with Crippen LogP contribution < -0.4 is 0 Å². The minimum Gasteiger partial charge on any atom is -0.378 e. The molecule has 1 nitrogen and oxygen atoms in total. The van der Waals surface area contributed by atoms with Gasteiger partial charge in [0.05, 0.1) is 10.9 Å². The van der Waals surface area contributed by atoms with Gasteiger partial charge in [0.1, 0.15) is 0 Å². The molecule has 0 bridgehead atoms. The van der Waals surface area contributed by atoms with Crippen molar-refractivity contribution in [1.82, 2.24) is 0 Å². The summed E-state index contributed by atoms with van der Waals surface area (Å²) in [6.07, 6.45) is 2.74. The van der Waals surface area contributed by atoms with E-state index in [-0.39, 0.29) is 0 Å². The quantitative estimate of drug-likeness (QED) is 0.741. The molecule has 0 aromatic carbocycles. The van der Waals surface area contributed by atoms with Crippen molar-refractivity contribution in [1.29, 1.82) is 0 Å². The largest absolute Gasteiger partial charge is 0.378 e. The first kappa shape index (κ1) is 12.6. The predicted molar refractivity (Wildman–Crippen MR) is 73.6 cm³/mol. The monoisotopic (exact) mass is 302 g/mol. The van der Waals surface area contributed by atoms with Crippen molar-refractivity contribution in [2.45, 2.75) is 44.5 Å². The second-order valence-corrected chi connectivity index (χ2v) is 6.85. The molecule has 0 radical (unpaired) electrons. The maximum absolute atomic E-state index is 5.78. The molecule has 2 rings (SSSR count). The molecule has 0 aliphatic carbocycles. The van der Waals surface area contributed by atoms with Crippen LogP contribution in [0.5, 0.6) is 0 Å². The molecule has 0 spiro atoms. The minimum absolute atomic E-state index is 0.436. The number of alkyl halides is 1. The zero-order chi connectivity index (χ0) is 11.7. The van der Waals surface area contributed by atoms with Gasteiger partial charge in [-0.05, 0) is 38.3 Å². The Hall–Kier alpha value is 0.140. The summed E-state index contributed by atoms with van der Waals surface area (Å²) < 4.78 is 5.78. The van der Waals surface area contributed by atoms with E-state index in [1.54, 1.807) is 0 Å². The third kappa shape index (κ3) is 2.36. The van der Waals surface area contributed by atoms with Gasteiger partial charge in [-0.3, -0.25) is 0 Å². The average Bonchev–Trinajstić information content (AvgIpc) is 2.83. The van der Waals surface area contributed by atoms with Gasteiger partial charge in [0.25, 0.3) is 0 Å². The Morgan fingerprint density at radius 1 is 1.56 bits per heavy atom. The van der Waals surface area contributed by atoms with Gasteiger partial charge in [0.15, 0.2) is 0 Å². The molecule has 1 aliphatic rings. The van der Waals surface area contributed by atoms with E-state index in [9.17, 15) is 0 Å². The second-order valence-electron chi connectivity index (χ2n) is 4.58. The Labute approximate surface area is 110 Å². The zero-order valence-electron chi connectivity index (χ0n) is 10.1. The van der Waals surface area contributed by atoms with E-state index in [2.05, 4.69) is 42.8 Å². The van der Waals surface area contributed by atoms with Crippen molar-refractivity contribution in [2.24, 2.45) is 5.92 Å². The number of thiophene rings is 1. The molecule has 1 fully saturated rings. The fourth-order valence-corrected chi connectivity index (χ4v) is 4.88. The molecule has 1 aromatic heterocycles. The smallest absolute Gasteiger partial charge is 0.0615 e. The Bertz CT molecular complexity index is 361. The standard InChI is InChI=1S/C13H19BrOS/c1-4-11-10(5-6-15-11)12(14)13-8(2)7-9(3)16-13/h7,10-12H,4-6H2,1-3H3. The third-order valence-corrected chi connectivity index (χ3v) is 6.04. The normalized spacial score (nSPS) is 27.2. The number of aryl methyl sites for hydroxylation is 2. The predicted octanol–water partition coefficient (Wildman–Crippen LogP) is 4.62. The first-order valence-electron chi connectivity index (χ1n) is 5.96. The van der Waals surface area contributed by atoms with Crippen LogP contribution in [0.25, 0.3) is 0 Å². The van der Waals surface area contributed by atoms with Crippen molar-refractivity contribution < 1.29 is 4.74 Å². The van der Waals surface area contributed by atoms with E-state index in [0.717, 1.165) is 13.0 Å². The lowest BCUT2D eigenvalue weighted by atomic mass is 9.94. The van der Waals surface area contributed by atoms with E-state index in [4.69, 9.17) is 4.74 Å². The van der Waals surface area contributed by atoms with Crippen LogP contribution in [0.1, 0.15) is 39.9 Å². The van der Waals surface area contributed by atoms with Crippen LogP contribution >= 0.6 is 27.3 Å². The minimum atomic E-state index is 0.436. The van der Waals surface area contributed by atoms with Crippen molar-refractivity contribution in [3.63, 3.8) is 0 Å². The molecular weight excluding hydrogens is 284 g/mol. The van der Waals surface area contributed by atoms with Crippen LogP contribution in [-0.4, -0.2) is 12.7 Å². The van der Waals surface area contributed by atoms with E-state index in [1.807, 2.05) is 11.3 Å². The third-order valence-electron chi connectivity index (χ3n) is 3.37. The molecule has 1 saturated heterocycles. The van der Waals surface area contributed by atoms with Crippen molar-refractivity contribution in [3.05, 3.63) is 21.4 Å². The highest BCUT2D eigenvalue weighted by atomic mass is 79.9. The molecule has 0 N–H and O–H groups in total. The van der Waals surface area contributed by atoms with E-state index < -0.39 is 0 Å². The van der Waals surface area contributed by atoms with Gasteiger partial charge < -0.3 is 4.74 Å². The zero-order valence-corrected chi connectivity index (χ0v) is 12.5. The summed E-state index contributed by atoms with van der Waals surface area (Å²) >= 11 is 5.81. The molecule has 0 amide bonds. The van der Waals surface area contributed by atoms with Crippen LogP contribution in [0, 0.1) is 19.8 Å². The molecule has 90 valence electrons. The fraction of sp³-hybridized carbons (Fsp3) is 0.692. The highest BCUT2D eigenvalue weighted by Crippen LogP contribution is 2.44. The Balaban J connectivity index is 2.18. The molecule has 1 aromatic rings. The van der Waals surface area contributed by atoms with E-state index in [1.165, 1.54) is 21.7 Å². The molecule has 3 unspecified atom stereocenters. The summed E-state index contributed by atoms with van der Waals surface area (Å²) in [4.78, 5) is 3.37. The van der Waals surface area contributed by atoms with Gasteiger partial charge in [-0.25, -0.2) is 0 Å². The van der Waals surface area contributed by atoms with Gasteiger partial charge in [0.2, 0.25) is 0 Å². The van der Waals surface area contributed by atoms with Crippen molar-refractivity contribution in [2.75, 3.05) is 6.61 Å². The van der Waals surface area contributed by atoms with E-state index in [0.29, 0.717) is 16.8 Å². The summed E-state index contributed by atoms with van der Waals surface area (Å²) in [6.45, 7) is 7.54. The molecule has 3 atom stereocenters. The summed E-state index contributed by atoms with van der Waals surface area (Å²) in [5, 5.41) is 0. The molecule has 2 heterocycles. The molecular formula is C13H19BrOS. The van der Waals surface area contributed by atoms with Crippen LogP contribution in [-0.2, 0) is 4.74 Å². The van der Waals surface area contributed by atoms with Crippen LogP contribution in [0.3, 0.4) is 0 Å². The van der Waals surface area contributed by atoms with Gasteiger partial charge in [-0.2, -0.15) is 0 Å². The first-order valence-corrected chi connectivity index (χ1v) is 7.69. The van der Waals surface area contributed by atoms with Gasteiger partial charge in [-0.15, -0.1) is 11.3 Å². The number of hydrogen-bond donors (Lipinski definition) is 0. The Kier molecular flexibility index (Phi) is 4.09. The maximum Gasteiger partial charge on any atom is 0.0615 e. The van der Waals surface area contributed by atoms with Crippen LogP contribution in [0.4, 0.5) is 0 Å². The van der Waals surface area contributed by atoms with E-state index >= 15 is 0 Å². The molecule has 3 heteroatoms. The Morgan fingerprint density at radius 2 is 2.31 bits per heavy atom. The Morgan fingerprint density at radius 3 is 2.88 bits per heavy atom. The summed E-state index contributed by atoms with van der Waals surface area (Å²) in [5.41, 5.74) is 1.42. The fourth-order valence-electron chi connectivity index (χ4n) is 2.55. The van der Waals surface area contributed by atoms with Crippen molar-refractivity contribution in [3.8, 4) is 0 Å². The molecule has 1 aliphatic heterocycles. The highest BCUT2D eigenvalue weighted by Gasteiger charge is 2.34. The first-order chi connectivity index (χ1) is 7.63. The van der Waals surface area contributed by atoms with Gasteiger partial charge in [-0.1, -0.05) is 22.9 Å². The molecule has 16 heavy (non-hydrogen) atoms. The molecule has 0 saturated carbocycles. The number of ether oxygens (including phenoxy) is 1. The lowest BCUT2D eigenvalue weighted by Crippen LogP contribution is -2.18. The van der Waals surface area contributed by atoms with Gasteiger partial charge in [0, 0.05) is 22.3 Å². The maximum atomic E-state index is 5.78. The number of hydrogen-bond acceptors (Lipinski definition) is 2. The summed E-state index contributed by atoms with van der Waals surface area (Å²) in [6, 6.07) is 2.28. The van der Waals surface area contributed by atoms with Crippen molar-refractivity contribution >= 4 is 27.3 Å². The summed E-state index contributed by atoms with van der Waals surface area (Å²) in [7, 11) is 0.